The number of benzene rings is 1. The molecule has 0 radical (unpaired) electrons. The predicted octanol–water partition coefficient (Wildman–Crippen LogP) is 1.21. The van der Waals surface area contributed by atoms with E-state index in [1.54, 1.807) is 6.07 Å². The maximum absolute atomic E-state index is 11.6. The first-order chi connectivity index (χ1) is 8.49. The van der Waals surface area contributed by atoms with Gasteiger partial charge in [0, 0.05) is 19.4 Å². The van der Waals surface area contributed by atoms with Crippen molar-refractivity contribution in [3.8, 4) is 11.5 Å². The highest BCUT2D eigenvalue weighted by molar-refractivity contribution is 5.98. The molecule has 0 unspecified atom stereocenters. The molecule has 1 heterocycles. The van der Waals surface area contributed by atoms with Gasteiger partial charge in [-0.15, -0.1) is 0 Å². The Balaban J connectivity index is 2.54. The fraction of sp³-hybridized carbons (Fsp3) is 0.250. The van der Waals surface area contributed by atoms with Gasteiger partial charge in [0.1, 0.15) is 12.2 Å². The van der Waals surface area contributed by atoms with Crippen LogP contribution in [-0.4, -0.2) is 17.9 Å². The lowest BCUT2D eigenvalue weighted by atomic mass is 10.1. The summed E-state index contributed by atoms with van der Waals surface area (Å²) in [5.74, 6) is -1.84. The zero-order chi connectivity index (χ0) is 13.3. The number of hydrogen-bond donors (Lipinski definition) is 0. The number of carbonyl (C=O) groups is 3. The molecule has 0 saturated heterocycles. The predicted molar refractivity (Wildman–Crippen MR) is 58.2 cm³/mol. The van der Waals surface area contributed by atoms with Crippen molar-refractivity contribution in [2.24, 2.45) is 0 Å². The summed E-state index contributed by atoms with van der Waals surface area (Å²) in [6.07, 6.45) is 0. The maximum atomic E-state index is 11.6. The van der Waals surface area contributed by atoms with Crippen LogP contribution in [0.4, 0.5) is 0 Å². The fourth-order valence-electron chi connectivity index (χ4n) is 1.64. The van der Waals surface area contributed by atoms with Crippen LogP contribution < -0.4 is 9.47 Å². The number of cyclic esters (lactones) is 1. The molecule has 0 aromatic heterocycles. The molecule has 0 aliphatic carbocycles. The average Bonchev–Trinajstić information content (AvgIpc) is 2.63. The molecule has 6 nitrogen and oxygen atoms in total. The Hall–Kier alpha value is -2.37. The standard InChI is InChI=1S/C12H10O6/c1-6(13)17-9-4-3-8-5-16-12(15)10(8)11(9)18-7(2)14/h3-4H,5H2,1-2H3. The highest BCUT2D eigenvalue weighted by Crippen LogP contribution is 2.37. The van der Waals surface area contributed by atoms with Gasteiger partial charge in [-0.25, -0.2) is 4.79 Å². The molecule has 0 fully saturated rings. The molecule has 18 heavy (non-hydrogen) atoms. The van der Waals surface area contributed by atoms with E-state index >= 15 is 0 Å². The van der Waals surface area contributed by atoms with Crippen molar-refractivity contribution in [2.45, 2.75) is 20.5 Å². The summed E-state index contributed by atoms with van der Waals surface area (Å²) in [4.78, 5) is 33.5. The lowest BCUT2D eigenvalue weighted by molar-refractivity contribution is -0.134. The zero-order valence-corrected chi connectivity index (χ0v) is 9.81. The Kier molecular flexibility index (Phi) is 3.01. The van der Waals surface area contributed by atoms with E-state index in [0.29, 0.717) is 5.56 Å². The van der Waals surface area contributed by atoms with Gasteiger partial charge in [-0.2, -0.15) is 0 Å². The minimum absolute atomic E-state index is 0.0234. The van der Waals surface area contributed by atoms with Gasteiger partial charge < -0.3 is 14.2 Å². The largest absolute Gasteiger partial charge is 0.457 e. The number of esters is 3. The van der Waals surface area contributed by atoms with E-state index in [0.717, 1.165) is 0 Å². The highest BCUT2D eigenvalue weighted by atomic mass is 16.6. The molecule has 0 spiro atoms. The maximum Gasteiger partial charge on any atom is 0.342 e. The zero-order valence-electron chi connectivity index (χ0n) is 9.81. The Morgan fingerprint density at radius 1 is 1.17 bits per heavy atom. The summed E-state index contributed by atoms with van der Waals surface area (Å²) in [5, 5.41) is 0. The van der Waals surface area contributed by atoms with E-state index < -0.39 is 17.9 Å². The van der Waals surface area contributed by atoms with Gasteiger partial charge in [-0.3, -0.25) is 9.59 Å². The third-order valence-corrected chi connectivity index (χ3v) is 2.27. The number of hydrogen-bond acceptors (Lipinski definition) is 6. The molecule has 0 amide bonds. The molecule has 1 aliphatic rings. The SMILES string of the molecule is CC(=O)Oc1ccc2c(c1OC(C)=O)C(=O)OC2. The number of fused-ring (bicyclic) bond motifs is 1. The first-order valence-corrected chi connectivity index (χ1v) is 5.19. The van der Waals surface area contributed by atoms with Crippen LogP contribution in [0.2, 0.25) is 0 Å². The average molecular weight is 250 g/mol. The normalized spacial score (nSPS) is 12.7. The quantitative estimate of drug-likeness (QED) is 0.579. The smallest absolute Gasteiger partial charge is 0.342 e. The summed E-state index contributed by atoms with van der Waals surface area (Å²) >= 11 is 0. The van der Waals surface area contributed by atoms with Crippen molar-refractivity contribution in [2.75, 3.05) is 0 Å². The van der Waals surface area contributed by atoms with Crippen LogP contribution in [0, 0.1) is 0 Å². The second-order valence-corrected chi connectivity index (χ2v) is 3.69. The highest BCUT2D eigenvalue weighted by Gasteiger charge is 2.30. The Morgan fingerprint density at radius 3 is 2.44 bits per heavy atom. The number of rotatable bonds is 2. The molecule has 0 bridgehead atoms. The van der Waals surface area contributed by atoms with E-state index in [9.17, 15) is 14.4 Å². The number of carbonyl (C=O) groups excluding carboxylic acids is 3. The van der Waals surface area contributed by atoms with Crippen LogP contribution in [0.3, 0.4) is 0 Å². The van der Waals surface area contributed by atoms with Crippen molar-refractivity contribution >= 4 is 17.9 Å². The topological polar surface area (TPSA) is 78.9 Å². The molecular weight excluding hydrogens is 240 g/mol. The Bertz CT molecular complexity index is 546. The van der Waals surface area contributed by atoms with Gasteiger partial charge in [0.25, 0.3) is 0 Å². The summed E-state index contributed by atoms with van der Waals surface area (Å²) in [6.45, 7) is 2.52. The number of ether oxygens (including phenoxy) is 3. The molecule has 2 rings (SSSR count). The second-order valence-electron chi connectivity index (χ2n) is 3.69. The van der Waals surface area contributed by atoms with Crippen molar-refractivity contribution in [3.05, 3.63) is 23.3 Å². The van der Waals surface area contributed by atoms with Gasteiger partial charge in [-0.05, 0) is 6.07 Å². The summed E-state index contributed by atoms with van der Waals surface area (Å²) in [5.41, 5.74) is 0.719. The van der Waals surface area contributed by atoms with Gasteiger partial charge in [-0.1, -0.05) is 6.07 Å². The van der Waals surface area contributed by atoms with Crippen molar-refractivity contribution in [1.29, 1.82) is 0 Å². The minimum atomic E-state index is -0.614. The molecule has 94 valence electrons. The lowest BCUT2D eigenvalue weighted by Crippen LogP contribution is -2.10. The molecular formula is C12H10O6. The summed E-state index contributed by atoms with van der Waals surface area (Å²) < 4.78 is 14.7. The minimum Gasteiger partial charge on any atom is -0.457 e. The first-order valence-electron chi connectivity index (χ1n) is 5.19. The summed E-state index contributed by atoms with van der Waals surface area (Å²) in [6, 6.07) is 3.05. The van der Waals surface area contributed by atoms with Crippen LogP contribution in [-0.2, 0) is 20.9 Å². The molecule has 6 heteroatoms. The van der Waals surface area contributed by atoms with Crippen LogP contribution in [0.25, 0.3) is 0 Å². The van der Waals surface area contributed by atoms with Crippen molar-refractivity contribution < 1.29 is 28.6 Å². The van der Waals surface area contributed by atoms with E-state index in [4.69, 9.17) is 14.2 Å². The van der Waals surface area contributed by atoms with Gasteiger partial charge in [0.15, 0.2) is 11.5 Å². The third kappa shape index (κ3) is 2.17. The van der Waals surface area contributed by atoms with Crippen LogP contribution in [0.15, 0.2) is 12.1 Å². The Morgan fingerprint density at radius 2 is 1.83 bits per heavy atom. The van der Waals surface area contributed by atoms with E-state index in [1.807, 2.05) is 0 Å². The third-order valence-electron chi connectivity index (χ3n) is 2.27. The molecule has 0 atom stereocenters. The van der Waals surface area contributed by atoms with Gasteiger partial charge >= 0.3 is 17.9 Å². The van der Waals surface area contributed by atoms with E-state index in [2.05, 4.69) is 0 Å². The molecule has 0 saturated carbocycles. The molecule has 1 aliphatic heterocycles. The van der Waals surface area contributed by atoms with Gasteiger partial charge in [0.05, 0.1) is 0 Å². The lowest BCUT2D eigenvalue weighted by Gasteiger charge is -2.10. The fourth-order valence-corrected chi connectivity index (χ4v) is 1.64. The monoisotopic (exact) mass is 250 g/mol. The van der Waals surface area contributed by atoms with Crippen LogP contribution in [0.5, 0.6) is 11.5 Å². The molecule has 0 N–H and O–H groups in total. The van der Waals surface area contributed by atoms with Crippen LogP contribution >= 0.6 is 0 Å². The van der Waals surface area contributed by atoms with Crippen molar-refractivity contribution in [3.63, 3.8) is 0 Å². The first kappa shape index (κ1) is 12.1. The molecule has 1 aromatic carbocycles. The van der Waals surface area contributed by atoms with Crippen molar-refractivity contribution in [1.82, 2.24) is 0 Å². The molecule has 1 aromatic rings. The summed E-state index contributed by atoms with van der Waals surface area (Å²) in [7, 11) is 0. The second kappa shape index (κ2) is 4.48. The van der Waals surface area contributed by atoms with E-state index in [1.165, 1.54) is 19.9 Å². The van der Waals surface area contributed by atoms with E-state index in [-0.39, 0.29) is 23.7 Å². The van der Waals surface area contributed by atoms with Gasteiger partial charge in [0.2, 0.25) is 0 Å². The van der Waals surface area contributed by atoms with Crippen LogP contribution in [0.1, 0.15) is 29.8 Å². The Labute approximate surface area is 102 Å².